The molecular weight excluding hydrogens is 755 g/mol. The summed E-state index contributed by atoms with van der Waals surface area (Å²) in [6.07, 6.45) is 0. The highest BCUT2D eigenvalue weighted by atomic mass is 15.2. The van der Waals surface area contributed by atoms with Crippen molar-refractivity contribution in [2.24, 2.45) is 0 Å². The molecule has 0 N–H and O–H groups in total. The Morgan fingerprint density at radius 1 is 0.290 bits per heavy atom. The third-order valence-electron chi connectivity index (χ3n) is 11.9. The molecule has 0 radical (unpaired) electrons. The second-order valence-corrected chi connectivity index (χ2v) is 15.6. The predicted molar refractivity (Wildman–Crippen MR) is 256 cm³/mol. The van der Waals surface area contributed by atoms with Crippen molar-refractivity contribution < 1.29 is 0 Å². The second kappa shape index (κ2) is 14.7. The lowest BCUT2D eigenvalue weighted by molar-refractivity contribution is 0.953. The molecule has 0 aliphatic carbocycles. The first-order chi connectivity index (χ1) is 30.8. The number of rotatable bonds is 7. The Morgan fingerprint density at radius 2 is 0.742 bits per heavy atom. The van der Waals surface area contributed by atoms with E-state index in [4.69, 9.17) is 15.0 Å². The van der Waals surface area contributed by atoms with Crippen LogP contribution in [0.15, 0.2) is 224 Å². The minimum absolute atomic E-state index is 0.544. The maximum absolute atomic E-state index is 5.48. The van der Waals surface area contributed by atoms with E-state index in [0.29, 0.717) is 17.6 Å². The van der Waals surface area contributed by atoms with Crippen molar-refractivity contribution in [2.75, 3.05) is 0 Å². The van der Waals surface area contributed by atoms with Crippen LogP contribution in [-0.4, -0.2) is 24.1 Å². The molecule has 12 aromatic rings. The Morgan fingerprint density at radius 3 is 1.32 bits per heavy atom. The average molecular weight is 792 g/mol. The van der Waals surface area contributed by atoms with Gasteiger partial charge in [0.2, 0.25) is 5.95 Å². The normalized spacial score (nSPS) is 11.5. The van der Waals surface area contributed by atoms with E-state index in [2.05, 4.69) is 221 Å². The number of fused-ring (bicyclic) bond motifs is 7. The van der Waals surface area contributed by atoms with Gasteiger partial charge < -0.3 is 4.57 Å². The molecule has 12 rings (SSSR count). The molecule has 62 heavy (non-hydrogen) atoms. The Labute approximate surface area is 358 Å². The third-order valence-corrected chi connectivity index (χ3v) is 11.9. The molecule has 0 atom stereocenters. The van der Waals surface area contributed by atoms with Gasteiger partial charge in [0, 0.05) is 38.4 Å². The summed E-state index contributed by atoms with van der Waals surface area (Å²) in [5.74, 6) is 1.73. The van der Waals surface area contributed by atoms with Crippen LogP contribution in [0.1, 0.15) is 0 Å². The van der Waals surface area contributed by atoms with Crippen LogP contribution in [0.2, 0.25) is 0 Å². The fourth-order valence-corrected chi connectivity index (χ4v) is 9.16. The zero-order valence-electron chi connectivity index (χ0n) is 33.6. The predicted octanol–water partition coefficient (Wildman–Crippen LogP) is 14.4. The lowest BCUT2D eigenvalue weighted by atomic mass is 9.96. The maximum atomic E-state index is 5.48. The molecule has 0 amide bonds. The quantitative estimate of drug-likeness (QED) is 0.162. The van der Waals surface area contributed by atoms with Crippen molar-refractivity contribution in [2.45, 2.75) is 0 Å². The van der Waals surface area contributed by atoms with Crippen LogP contribution in [-0.2, 0) is 0 Å². The fraction of sp³-hybridized carbons (Fsp3) is 0. The van der Waals surface area contributed by atoms with Crippen molar-refractivity contribution in [3.63, 3.8) is 0 Å². The van der Waals surface area contributed by atoms with E-state index < -0.39 is 0 Å². The summed E-state index contributed by atoms with van der Waals surface area (Å²) in [4.78, 5) is 16.3. The standard InChI is InChI=1S/C57H37N5/c1-5-19-38(20-6-1)41-25-17-27-43(35-41)55-58-56(44-28-18-26-42(36-44)39-21-7-2-8-22-39)60-57(59-55)62-51-34-16-14-32-47(51)52-48(40-23-9-3-10-24-40)37-49-46-31-13-15-33-50(46)61(53(49)54(52)62)45-29-11-4-12-30-45/h1-37H. The molecule has 9 aromatic carbocycles. The summed E-state index contributed by atoms with van der Waals surface area (Å²) >= 11 is 0. The van der Waals surface area contributed by atoms with E-state index >= 15 is 0 Å². The van der Waals surface area contributed by atoms with Gasteiger partial charge in [0.1, 0.15) is 0 Å². The highest BCUT2D eigenvalue weighted by Crippen LogP contribution is 2.46. The highest BCUT2D eigenvalue weighted by molar-refractivity contribution is 6.28. The number of hydrogen-bond acceptors (Lipinski definition) is 3. The molecule has 290 valence electrons. The van der Waals surface area contributed by atoms with Gasteiger partial charge in [-0.1, -0.05) is 182 Å². The monoisotopic (exact) mass is 791 g/mol. The van der Waals surface area contributed by atoms with Gasteiger partial charge in [0.25, 0.3) is 0 Å². The summed E-state index contributed by atoms with van der Waals surface area (Å²) < 4.78 is 4.70. The van der Waals surface area contributed by atoms with E-state index in [1.165, 1.54) is 5.39 Å². The van der Waals surface area contributed by atoms with E-state index in [1.807, 2.05) is 12.1 Å². The smallest absolute Gasteiger partial charge is 0.238 e. The minimum Gasteiger partial charge on any atom is -0.307 e. The Bertz CT molecular complexity index is 3510. The van der Waals surface area contributed by atoms with E-state index in [9.17, 15) is 0 Å². The zero-order valence-corrected chi connectivity index (χ0v) is 33.6. The Kier molecular flexibility index (Phi) is 8.42. The SMILES string of the molecule is c1ccc(-c2cccc(-c3nc(-c4cccc(-c5ccccc5)c4)nc(-n4c5ccccc5c5c(-c6ccccc6)cc6c7ccccc7n(-c7ccccc7)c6c54)n3)c2)cc1. The topological polar surface area (TPSA) is 48.5 Å². The maximum Gasteiger partial charge on any atom is 0.238 e. The van der Waals surface area contributed by atoms with Gasteiger partial charge in [0.15, 0.2) is 11.6 Å². The first-order valence-electron chi connectivity index (χ1n) is 21.0. The van der Waals surface area contributed by atoms with Crippen LogP contribution in [0.3, 0.4) is 0 Å². The van der Waals surface area contributed by atoms with Crippen LogP contribution in [0, 0.1) is 0 Å². The molecule has 5 heteroatoms. The van der Waals surface area contributed by atoms with Gasteiger partial charge in [-0.05, 0) is 75.8 Å². The van der Waals surface area contributed by atoms with Crippen LogP contribution in [0.25, 0.3) is 111 Å². The molecule has 0 saturated carbocycles. The zero-order chi connectivity index (χ0) is 41.0. The molecule has 0 saturated heterocycles. The average Bonchev–Trinajstić information content (AvgIpc) is 3.88. The number of para-hydroxylation sites is 3. The number of benzene rings is 9. The molecule has 3 aromatic heterocycles. The van der Waals surface area contributed by atoms with Crippen molar-refractivity contribution in [1.29, 1.82) is 0 Å². The van der Waals surface area contributed by atoms with E-state index in [-0.39, 0.29) is 0 Å². The third kappa shape index (κ3) is 5.90. The molecule has 0 unspecified atom stereocenters. The second-order valence-electron chi connectivity index (χ2n) is 15.6. The Hall–Kier alpha value is -8.41. The van der Waals surface area contributed by atoms with Crippen LogP contribution in [0.5, 0.6) is 0 Å². The molecule has 0 aliphatic rings. The Balaban J connectivity index is 1.23. The largest absolute Gasteiger partial charge is 0.307 e. The lowest BCUT2D eigenvalue weighted by Gasteiger charge is -2.15. The molecule has 0 spiro atoms. The molecule has 5 nitrogen and oxygen atoms in total. The van der Waals surface area contributed by atoms with Crippen molar-refractivity contribution >= 4 is 43.6 Å². The van der Waals surface area contributed by atoms with E-state index in [0.717, 1.165) is 88.4 Å². The summed E-state index contributed by atoms with van der Waals surface area (Å²) in [5, 5.41) is 4.59. The summed E-state index contributed by atoms with van der Waals surface area (Å²) in [5.41, 5.74) is 13.9. The lowest BCUT2D eigenvalue weighted by Crippen LogP contribution is -2.07. The molecule has 0 bridgehead atoms. The van der Waals surface area contributed by atoms with Gasteiger partial charge in [-0.15, -0.1) is 0 Å². The van der Waals surface area contributed by atoms with Gasteiger partial charge in [-0.2, -0.15) is 9.97 Å². The summed E-state index contributed by atoms with van der Waals surface area (Å²) in [6.45, 7) is 0. The van der Waals surface area contributed by atoms with Gasteiger partial charge in [-0.25, -0.2) is 4.98 Å². The van der Waals surface area contributed by atoms with Crippen molar-refractivity contribution in [1.82, 2.24) is 24.1 Å². The first kappa shape index (κ1) is 35.5. The summed E-state index contributed by atoms with van der Waals surface area (Å²) in [7, 11) is 0. The number of hydrogen-bond donors (Lipinski definition) is 0. The van der Waals surface area contributed by atoms with Crippen LogP contribution >= 0.6 is 0 Å². The fourth-order valence-electron chi connectivity index (χ4n) is 9.16. The first-order valence-corrected chi connectivity index (χ1v) is 21.0. The summed E-state index contributed by atoms with van der Waals surface area (Å²) in [6, 6.07) is 79.2. The number of aromatic nitrogens is 5. The van der Waals surface area contributed by atoms with Crippen LogP contribution in [0.4, 0.5) is 0 Å². The van der Waals surface area contributed by atoms with Crippen molar-refractivity contribution in [3.05, 3.63) is 224 Å². The van der Waals surface area contributed by atoms with E-state index in [1.54, 1.807) is 0 Å². The molecular formula is C57H37N5. The van der Waals surface area contributed by atoms with Gasteiger partial charge in [0.05, 0.1) is 22.1 Å². The van der Waals surface area contributed by atoms with Crippen LogP contribution < -0.4 is 0 Å². The molecule has 0 fully saturated rings. The molecule has 3 heterocycles. The van der Waals surface area contributed by atoms with Gasteiger partial charge in [-0.3, -0.25) is 4.57 Å². The minimum atomic E-state index is 0.544. The molecule has 0 aliphatic heterocycles. The highest BCUT2D eigenvalue weighted by Gasteiger charge is 2.26. The van der Waals surface area contributed by atoms with Crippen molar-refractivity contribution in [3.8, 4) is 67.8 Å². The van der Waals surface area contributed by atoms with Gasteiger partial charge >= 0.3 is 0 Å². The number of nitrogens with zero attached hydrogens (tertiary/aromatic N) is 5.